The standard InChI is InChI=1S/C20H19ClN4OS/c21-16-10-8-15(9-11-16)19-23-20(25-24-19)27-12-17(26)22-18(14-6-7-14)13-4-2-1-3-5-13/h1-5,8-11,14,18H,6-7,12H2,(H,22,26)(H,23,24,25). The van der Waals surface area contributed by atoms with Gasteiger partial charge < -0.3 is 5.32 Å². The molecule has 1 aliphatic rings. The Morgan fingerprint density at radius 1 is 1.19 bits per heavy atom. The van der Waals surface area contributed by atoms with E-state index in [0.717, 1.165) is 5.56 Å². The van der Waals surface area contributed by atoms with Crippen LogP contribution in [0.15, 0.2) is 59.8 Å². The SMILES string of the molecule is O=C(CSc1n[nH]c(-c2ccc(Cl)cc2)n1)NC(c1ccccc1)C1CC1. The van der Waals surface area contributed by atoms with Gasteiger partial charge in [-0.05, 0) is 48.6 Å². The van der Waals surface area contributed by atoms with Gasteiger partial charge in [-0.1, -0.05) is 53.7 Å². The number of hydrogen-bond acceptors (Lipinski definition) is 4. The van der Waals surface area contributed by atoms with Crippen molar-refractivity contribution in [3.05, 3.63) is 65.2 Å². The molecule has 0 bridgehead atoms. The fourth-order valence-corrected chi connectivity index (χ4v) is 3.69. The lowest BCUT2D eigenvalue weighted by Gasteiger charge is -2.18. The van der Waals surface area contributed by atoms with Gasteiger partial charge in [0.1, 0.15) is 0 Å². The van der Waals surface area contributed by atoms with E-state index in [1.165, 1.54) is 30.2 Å². The Kier molecular flexibility index (Phi) is 5.45. The summed E-state index contributed by atoms with van der Waals surface area (Å²) in [7, 11) is 0. The lowest BCUT2D eigenvalue weighted by Crippen LogP contribution is -2.31. The minimum atomic E-state index is -0.00130. The zero-order valence-electron chi connectivity index (χ0n) is 14.6. The summed E-state index contributed by atoms with van der Waals surface area (Å²) in [6.45, 7) is 0. The average Bonchev–Trinajstić information content (AvgIpc) is 3.43. The lowest BCUT2D eigenvalue weighted by molar-refractivity contribution is -0.119. The van der Waals surface area contributed by atoms with E-state index in [-0.39, 0.29) is 17.7 Å². The number of nitrogens with zero attached hydrogens (tertiary/aromatic N) is 2. The highest BCUT2D eigenvalue weighted by Gasteiger charge is 2.33. The van der Waals surface area contributed by atoms with E-state index in [9.17, 15) is 4.79 Å². The lowest BCUT2D eigenvalue weighted by atomic mass is 10.0. The molecule has 1 amide bonds. The van der Waals surface area contributed by atoms with Crippen LogP contribution in [0.4, 0.5) is 0 Å². The number of hydrogen-bond donors (Lipinski definition) is 2. The van der Waals surface area contributed by atoms with Crippen LogP contribution in [0.5, 0.6) is 0 Å². The molecule has 2 aromatic carbocycles. The third-order valence-corrected chi connectivity index (χ3v) is 5.58. The summed E-state index contributed by atoms with van der Waals surface area (Å²) in [6.07, 6.45) is 2.33. The van der Waals surface area contributed by atoms with Gasteiger partial charge >= 0.3 is 0 Å². The molecule has 1 atom stereocenters. The maximum atomic E-state index is 12.4. The Bertz CT molecular complexity index is 909. The van der Waals surface area contributed by atoms with Crippen LogP contribution < -0.4 is 5.32 Å². The van der Waals surface area contributed by atoms with Crippen molar-refractivity contribution < 1.29 is 4.79 Å². The summed E-state index contributed by atoms with van der Waals surface area (Å²) in [6, 6.07) is 17.6. The second kappa shape index (κ2) is 8.15. The first-order valence-electron chi connectivity index (χ1n) is 8.84. The van der Waals surface area contributed by atoms with E-state index in [4.69, 9.17) is 11.6 Å². The van der Waals surface area contributed by atoms with E-state index in [0.29, 0.717) is 21.9 Å². The maximum Gasteiger partial charge on any atom is 0.230 e. The number of carbonyl (C=O) groups is 1. The van der Waals surface area contributed by atoms with Crippen LogP contribution in [0.1, 0.15) is 24.4 Å². The van der Waals surface area contributed by atoms with Crippen molar-refractivity contribution in [3.63, 3.8) is 0 Å². The second-order valence-corrected chi connectivity index (χ2v) is 7.93. The van der Waals surface area contributed by atoms with Gasteiger partial charge in [0.2, 0.25) is 11.1 Å². The van der Waals surface area contributed by atoms with Gasteiger partial charge in [-0.15, -0.1) is 5.10 Å². The van der Waals surface area contributed by atoms with E-state index >= 15 is 0 Å². The zero-order valence-corrected chi connectivity index (χ0v) is 16.1. The molecule has 0 aliphatic heterocycles. The highest BCUT2D eigenvalue weighted by molar-refractivity contribution is 7.99. The monoisotopic (exact) mass is 398 g/mol. The third kappa shape index (κ3) is 4.70. The molecule has 27 heavy (non-hydrogen) atoms. The van der Waals surface area contributed by atoms with Gasteiger partial charge in [0, 0.05) is 10.6 Å². The van der Waals surface area contributed by atoms with E-state index in [1.54, 1.807) is 12.1 Å². The smallest absolute Gasteiger partial charge is 0.230 e. The predicted molar refractivity (Wildman–Crippen MR) is 108 cm³/mol. The number of aromatic nitrogens is 3. The molecule has 0 radical (unpaired) electrons. The highest BCUT2D eigenvalue weighted by Crippen LogP contribution is 2.41. The molecule has 1 saturated carbocycles. The van der Waals surface area contributed by atoms with E-state index < -0.39 is 0 Å². The van der Waals surface area contributed by atoms with Crippen LogP contribution in [0.3, 0.4) is 0 Å². The van der Waals surface area contributed by atoms with Gasteiger partial charge in [0.05, 0.1) is 11.8 Å². The summed E-state index contributed by atoms with van der Waals surface area (Å²) in [4.78, 5) is 16.9. The summed E-state index contributed by atoms with van der Waals surface area (Å²) >= 11 is 7.23. The van der Waals surface area contributed by atoms with Crippen molar-refractivity contribution in [1.29, 1.82) is 0 Å². The minimum absolute atomic E-state index is 0.00130. The number of thioether (sulfide) groups is 1. The number of aromatic amines is 1. The molecule has 1 aromatic heterocycles. The first-order valence-corrected chi connectivity index (χ1v) is 10.2. The van der Waals surface area contributed by atoms with Gasteiger partial charge in [-0.3, -0.25) is 9.89 Å². The van der Waals surface area contributed by atoms with Crippen LogP contribution in [0.2, 0.25) is 5.02 Å². The summed E-state index contributed by atoms with van der Waals surface area (Å²) < 4.78 is 0. The van der Waals surface area contributed by atoms with Gasteiger partial charge in [-0.2, -0.15) is 0 Å². The fraction of sp³-hybridized carbons (Fsp3) is 0.250. The first kappa shape index (κ1) is 18.1. The Morgan fingerprint density at radius 2 is 1.93 bits per heavy atom. The minimum Gasteiger partial charge on any atom is -0.348 e. The molecule has 4 rings (SSSR count). The van der Waals surface area contributed by atoms with Crippen LogP contribution in [-0.4, -0.2) is 26.8 Å². The number of rotatable bonds is 7. The van der Waals surface area contributed by atoms with Crippen LogP contribution in [-0.2, 0) is 4.79 Å². The van der Waals surface area contributed by atoms with Crippen molar-refractivity contribution in [2.75, 3.05) is 5.75 Å². The predicted octanol–water partition coefficient (Wildman–Crippen LogP) is 4.48. The molecule has 1 unspecified atom stereocenters. The normalized spacial score (nSPS) is 14.7. The number of halogens is 1. The molecule has 7 heteroatoms. The number of carbonyl (C=O) groups excluding carboxylic acids is 1. The van der Waals surface area contributed by atoms with Crippen molar-refractivity contribution in [2.45, 2.75) is 24.0 Å². The maximum absolute atomic E-state index is 12.4. The molecule has 0 spiro atoms. The number of nitrogens with one attached hydrogen (secondary N) is 2. The highest BCUT2D eigenvalue weighted by atomic mass is 35.5. The van der Waals surface area contributed by atoms with Gasteiger partial charge in [-0.25, -0.2) is 4.98 Å². The molecular weight excluding hydrogens is 380 g/mol. The van der Waals surface area contributed by atoms with Crippen molar-refractivity contribution in [1.82, 2.24) is 20.5 Å². The topological polar surface area (TPSA) is 70.7 Å². The van der Waals surface area contributed by atoms with Gasteiger partial charge in [0.25, 0.3) is 0 Å². The molecule has 1 aliphatic carbocycles. The first-order chi connectivity index (χ1) is 13.2. The summed E-state index contributed by atoms with van der Waals surface area (Å²) in [5.74, 6) is 1.49. The Balaban J connectivity index is 1.34. The molecular formula is C20H19ClN4OS. The second-order valence-electron chi connectivity index (χ2n) is 6.56. The average molecular weight is 399 g/mol. The van der Waals surface area contributed by atoms with Crippen molar-refractivity contribution in [3.8, 4) is 11.4 Å². The molecule has 1 fully saturated rings. The van der Waals surface area contributed by atoms with Crippen LogP contribution in [0, 0.1) is 5.92 Å². The largest absolute Gasteiger partial charge is 0.348 e. The quantitative estimate of drug-likeness (QED) is 0.575. The molecule has 3 aromatic rings. The van der Waals surface area contributed by atoms with Crippen LogP contribution in [0.25, 0.3) is 11.4 Å². The van der Waals surface area contributed by atoms with E-state index in [1.807, 2.05) is 30.3 Å². The number of H-pyrrole nitrogens is 1. The number of benzene rings is 2. The molecule has 5 nitrogen and oxygen atoms in total. The molecule has 1 heterocycles. The summed E-state index contributed by atoms with van der Waals surface area (Å²) in [5.41, 5.74) is 2.07. The Hall–Kier alpha value is -2.31. The summed E-state index contributed by atoms with van der Waals surface area (Å²) in [5, 5.41) is 11.5. The Labute approximate surface area is 166 Å². The van der Waals surface area contributed by atoms with E-state index in [2.05, 4.69) is 32.6 Å². The van der Waals surface area contributed by atoms with Crippen molar-refractivity contribution in [2.24, 2.45) is 5.92 Å². The third-order valence-electron chi connectivity index (χ3n) is 4.48. The molecule has 138 valence electrons. The zero-order chi connectivity index (χ0) is 18.6. The number of amides is 1. The fourth-order valence-electron chi connectivity index (χ4n) is 2.96. The molecule has 0 saturated heterocycles. The van der Waals surface area contributed by atoms with Crippen molar-refractivity contribution >= 4 is 29.3 Å². The Morgan fingerprint density at radius 3 is 2.63 bits per heavy atom. The van der Waals surface area contributed by atoms with Gasteiger partial charge in [0.15, 0.2) is 5.82 Å². The van der Waals surface area contributed by atoms with Crippen LogP contribution >= 0.6 is 23.4 Å². The molecule has 2 N–H and O–H groups in total.